The second-order valence-electron chi connectivity index (χ2n) is 3.41. The highest BCUT2D eigenvalue weighted by Gasteiger charge is 2.03. The predicted octanol–water partition coefficient (Wildman–Crippen LogP) is 1.75. The van der Waals surface area contributed by atoms with Gasteiger partial charge in [0.05, 0.1) is 6.20 Å². The molecular weight excluding hydrogens is 204 g/mol. The van der Waals surface area contributed by atoms with Crippen LogP contribution in [0.4, 0.5) is 0 Å². The molecule has 84 valence electrons. The lowest BCUT2D eigenvalue weighted by Gasteiger charge is -2.09. The summed E-state index contributed by atoms with van der Waals surface area (Å²) in [4.78, 5) is 0. The Morgan fingerprint density at radius 2 is 2.12 bits per heavy atom. The van der Waals surface area contributed by atoms with E-state index in [1.165, 1.54) is 0 Å². The van der Waals surface area contributed by atoms with Crippen molar-refractivity contribution in [3.05, 3.63) is 47.9 Å². The van der Waals surface area contributed by atoms with Gasteiger partial charge in [-0.1, -0.05) is 23.4 Å². The van der Waals surface area contributed by atoms with Crippen LogP contribution in [0.25, 0.3) is 0 Å². The monoisotopic (exact) mass is 218 g/mol. The Bertz CT molecular complexity index is 426. The quantitative estimate of drug-likeness (QED) is 0.830. The first-order valence-electron chi connectivity index (χ1n) is 5.20. The second-order valence-corrected chi connectivity index (χ2v) is 3.41. The lowest BCUT2D eigenvalue weighted by Crippen LogP contribution is -2.05. The zero-order valence-corrected chi connectivity index (χ0v) is 8.93. The van der Waals surface area contributed by atoms with Crippen molar-refractivity contribution in [3.8, 4) is 5.75 Å². The van der Waals surface area contributed by atoms with Crippen LogP contribution in [0.2, 0.25) is 0 Å². The maximum atomic E-state index is 5.64. The highest BCUT2D eigenvalue weighted by Crippen LogP contribution is 2.19. The van der Waals surface area contributed by atoms with Gasteiger partial charge in [-0.15, -0.1) is 0 Å². The van der Waals surface area contributed by atoms with Crippen LogP contribution in [0.1, 0.15) is 11.3 Å². The smallest absolute Gasteiger partial charge is 0.174 e. The van der Waals surface area contributed by atoms with E-state index in [0.29, 0.717) is 18.9 Å². The van der Waals surface area contributed by atoms with Crippen LogP contribution in [0.3, 0.4) is 0 Å². The molecule has 0 aliphatic heterocycles. The molecule has 0 aliphatic rings. The third-order valence-corrected chi connectivity index (χ3v) is 2.25. The van der Waals surface area contributed by atoms with Gasteiger partial charge in [0.1, 0.15) is 12.4 Å². The van der Waals surface area contributed by atoms with Crippen LogP contribution in [0, 0.1) is 0 Å². The highest BCUT2D eigenvalue weighted by molar-refractivity contribution is 5.33. The summed E-state index contributed by atoms with van der Waals surface area (Å²) < 4.78 is 10.6. The fourth-order valence-electron chi connectivity index (χ4n) is 1.47. The third-order valence-electron chi connectivity index (χ3n) is 2.25. The molecular formula is C12H14N2O2. The summed E-state index contributed by atoms with van der Waals surface area (Å²) in [7, 11) is 0. The summed E-state index contributed by atoms with van der Waals surface area (Å²) in [5.74, 6) is 1.56. The van der Waals surface area contributed by atoms with E-state index < -0.39 is 0 Å². The minimum Gasteiger partial charge on any atom is -0.485 e. The molecule has 2 rings (SSSR count). The molecule has 4 heteroatoms. The van der Waals surface area contributed by atoms with E-state index in [-0.39, 0.29) is 0 Å². The summed E-state index contributed by atoms with van der Waals surface area (Å²) in [6.07, 6.45) is 2.41. The maximum Gasteiger partial charge on any atom is 0.174 e. The van der Waals surface area contributed by atoms with Crippen molar-refractivity contribution in [2.24, 2.45) is 5.73 Å². The molecule has 1 heterocycles. The first kappa shape index (κ1) is 10.7. The number of hydrogen-bond donors (Lipinski definition) is 1. The van der Waals surface area contributed by atoms with Gasteiger partial charge >= 0.3 is 0 Å². The third kappa shape index (κ3) is 2.61. The van der Waals surface area contributed by atoms with Crippen LogP contribution < -0.4 is 10.5 Å². The van der Waals surface area contributed by atoms with Crippen LogP contribution in [-0.4, -0.2) is 11.7 Å². The molecule has 0 saturated heterocycles. The average molecular weight is 218 g/mol. The Balaban J connectivity index is 2.03. The maximum absolute atomic E-state index is 5.64. The summed E-state index contributed by atoms with van der Waals surface area (Å²) in [6, 6.07) is 9.65. The number of hydrogen-bond acceptors (Lipinski definition) is 4. The Kier molecular flexibility index (Phi) is 3.56. The Morgan fingerprint density at radius 3 is 2.88 bits per heavy atom. The van der Waals surface area contributed by atoms with Crippen LogP contribution in [0.15, 0.2) is 41.1 Å². The zero-order chi connectivity index (χ0) is 11.2. The number of aromatic nitrogens is 1. The van der Waals surface area contributed by atoms with E-state index in [2.05, 4.69) is 5.16 Å². The molecule has 0 fully saturated rings. The van der Waals surface area contributed by atoms with E-state index in [1.54, 1.807) is 12.3 Å². The lowest BCUT2D eigenvalue weighted by atomic mass is 10.1. The molecule has 0 saturated carbocycles. The standard InChI is InChI=1S/C12H14N2O2/c13-7-5-10-3-1-2-4-12(10)15-9-11-6-8-14-16-11/h1-4,6,8H,5,7,9,13H2. The van der Waals surface area contributed by atoms with E-state index in [4.69, 9.17) is 15.0 Å². The van der Waals surface area contributed by atoms with Crippen LogP contribution in [-0.2, 0) is 13.0 Å². The molecule has 4 nitrogen and oxygen atoms in total. The molecule has 0 radical (unpaired) electrons. The minimum atomic E-state index is 0.390. The number of rotatable bonds is 5. The number of nitrogens with two attached hydrogens (primary N) is 1. The summed E-state index contributed by atoms with van der Waals surface area (Å²) in [5, 5.41) is 3.62. The topological polar surface area (TPSA) is 61.3 Å². The van der Waals surface area contributed by atoms with Crippen LogP contribution in [0.5, 0.6) is 5.75 Å². The molecule has 0 bridgehead atoms. The Morgan fingerprint density at radius 1 is 1.25 bits per heavy atom. The van der Waals surface area contributed by atoms with E-state index in [1.807, 2.05) is 24.3 Å². The fraction of sp³-hybridized carbons (Fsp3) is 0.250. The van der Waals surface area contributed by atoms with Crippen molar-refractivity contribution in [2.45, 2.75) is 13.0 Å². The lowest BCUT2D eigenvalue weighted by molar-refractivity contribution is 0.247. The molecule has 1 aromatic heterocycles. The normalized spacial score (nSPS) is 10.3. The first-order valence-corrected chi connectivity index (χ1v) is 5.20. The zero-order valence-electron chi connectivity index (χ0n) is 8.93. The second kappa shape index (κ2) is 5.32. The number of ether oxygens (including phenoxy) is 1. The van der Waals surface area contributed by atoms with Crippen molar-refractivity contribution in [2.75, 3.05) is 6.54 Å². The van der Waals surface area contributed by atoms with Gasteiger partial charge in [0.25, 0.3) is 0 Å². The molecule has 16 heavy (non-hydrogen) atoms. The summed E-state index contributed by atoms with van der Waals surface area (Å²) in [6.45, 7) is 1.00. The Labute approximate surface area is 94.0 Å². The summed E-state index contributed by atoms with van der Waals surface area (Å²) in [5.41, 5.74) is 6.65. The molecule has 2 N–H and O–H groups in total. The van der Waals surface area contributed by atoms with E-state index in [9.17, 15) is 0 Å². The molecule has 0 aliphatic carbocycles. The van der Waals surface area contributed by atoms with Crippen molar-refractivity contribution < 1.29 is 9.26 Å². The fourth-order valence-corrected chi connectivity index (χ4v) is 1.47. The highest BCUT2D eigenvalue weighted by atomic mass is 16.5. The van der Waals surface area contributed by atoms with Gasteiger partial charge < -0.3 is 15.0 Å². The molecule has 1 aromatic carbocycles. The molecule has 0 spiro atoms. The van der Waals surface area contributed by atoms with Gasteiger partial charge in [-0.05, 0) is 24.6 Å². The molecule has 0 unspecified atom stereocenters. The van der Waals surface area contributed by atoms with E-state index in [0.717, 1.165) is 17.7 Å². The predicted molar refractivity (Wildman–Crippen MR) is 60.0 cm³/mol. The van der Waals surface area contributed by atoms with Gasteiger partial charge in [0, 0.05) is 6.07 Å². The van der Waals surface area contributed by atoms with Crippen LogP contribution >= 0.6 is 0 Å². The SMILES string of the molecule is NCCc1ccccc1OCc1ccno1. The van der Waals surface area contributed by atoms with Gasteiger partial charge in [-0.3, -0.25) is 0 Å². The number of nitrogens with zero attached hydrogens (tertiary/aromatic N) is 1. The van der Waals surface area contributed by atoms with Gasteiger partial charge in [0.2, 0.25) is 0 Å². The van der Waals surface area contributed by atoms with Crippen molar-refractivity contribution in [1.29, 1.82) is 0 Å². The first-order chi connectivity index (χ1) is 7.90. The van der Waals surface area contributed by atoms with E-state index >= 15 is 0 Å². The largest absolute Gasteiger partial charge is 0.485 e. The molecule has 0 amide bonds. The van der Waals surface area contributed by atoms with Gasteiger partial charge in [0.15, 0.2) is 5.76 Å². The number of benzene rings is 1. The minimum absolute atomic E-state index is 0.390. The van der Waals surface area contributed by atoms with Crippen molar-refractivity contribution in [1.82, 2.24) is 5.16 Å². The van der Waals surface area contributed by atoms with Gasteiger partial charge in [-0.2, -0.15) is 0 Å². The number of para-hydroxylation sites is 1. The van der Waals surface area contributed by atoms with Crippen molar-refractivity contribution >= 4 is 0 Å². The van der Waals surface area contributed by atoms with Crippen molar-refractivity contribution in [3.63, 3.8) is 0 Å². The summed E-state index contributed by atoms with van der Waals surface area (Å²) >= 11 is 0. The molecule has 0 atom stereocenters. The Hall–Kier alpha value is -1.81. The average Bonchev–Trinajstić information content (AvgIpc) is 2.81. The van der Waals surface area contributed by atoms with Gasteiger partial charge in [-0.25, -0.2) is 0 Å². The molecule has 2 aromatic rings.